The van der Waals surface area contributed by atoms with Crippen LogP contribution in [0.4, 0.5) is 0 Å². The van der Waals surface area contributed by atoms with Crippen LogP contribution < -0.4 is 16.2 Å². The van der Waals surface area contributed by atoms with Gasteiger partial charge in [-0.3, -0.25) is 25.8 Å². The van der Waals surface area contributed by atoms with Crippen molar-refractivity contribution in [1.82, 2.24) is 16.2 Å². The van der Waals surface area contributed by atoms with Crippen LogP contribution in [0.2, 0.25) is 0 Å². The lowest BCUT2D eigenvalue weighted by molar-refractivity contribution is -0.115. The van der Waals surface area contributed by atoms with E-state index in [1.54, 1.807) is 18.2 Å². The van der Waals surface area contributed by atoms with Crippen molar-refractivity contribution in [1.29, 1.82) is 0 Å². The molecule has 2 aromatic carbocycles. The third-order valence-corrected chi connectivity index (χ3v) is 3.62. The molecule has 2 amide bonds. The molecule has 5 nitrogen and oxygen atoms in total. The number of carbonyl (C=O) groups excluding carboxylic acids is 2. The average Bonchev–Trinajstić information content (AvgIpc) is 2.59. The minimum absolute atomic E-state index is 0.0143. The number of hydrogen-bond acceptors (Lipinski definition) is 3. The Kier molecular flexibility index (Phi) is 6.42. The minimum atomic E-state index is -0.386. The molecular formula is C19H19N3O2S. The quantitative estimate of drug-likeness (QED) is 0.451. The second-order valence-electron chi connectivity index (χ2n) is 5.46. The number of amides is 2. The van der Waals surface area contributed by atoms with Gasteiger partial charge < -0.3 is 0 Å². The van der Waals surface area contributed by atoms with Gasteiger partial charge in [0.15, 0.2) is 5.11 Å². The number of rotatable bonds is 3. The number of thiocarbonyl (C=S) groups is 1. The molecule has 128 valence electrons. The lowest BCUT2D eigenvalue weighted by Gasteiger charge is -2.10. The summed E-state index contributed by atoms with van der Waals surface area (Å²) in [5.41, 5.74) is 8.40. The van der Waals surface area contributed by atoms with E-state index in [0.29, 0.717) is 5.56 Å². The average molecular weight is 353 g/mol. The number of carbonyl (C=O) groups is 2. The molecule has 0 aliphatic carbocycles. The second kappa shape index (κ2) is 8.75. The van der Waals surface area contributed by atoms with Crippen molar-refractivity contribution in [3.05, 3.63) is 76.9 Å². The monoisotopic (exact) mass is 353 g/mol. The van der Waals surface area contributed by atoms with E-state index in [4.69, 9.17) is 12.2 Å². The zero-order valence-corrected chi connectivity index (χ0v) is 14.8. The fourth-order valence-corrected chi connectivity index (χ4v) is 2.19. The molecule has 2 aromatic rings. The van der Waals surface area contributed by atoms with Gasteiger partial charge in [-0.2, -0.15) is 0 Å². The molecule has 0 atom stereocenters. The molecule has 0 saturated carbocycles. The number of benzene rings is 2. The highest BCUT2D eigenvalue weighted by atomic mass is 32.1. The van der Waals surface area contributed by atoms with Crippen molar-refractivity contribution in [2.75, 3.05) is 0 Å². The molecule has 0 bridgehead atoms. The summed E-state index contributed by atoms with van der Waals surface area (Å²) in [7, 11) is 0. The Morgan fingerprint density at radius 2 is 1.64 bits per heavy atom. The number of nitrogens with one attached hydrogen (secondary N) is 3. The van der Waals surface area contributed by atoms with Crippen LogP contribution in [-0.4, -0.2) is 16.9 Å². The first-order chi connectivity index (χ1) is 12.0. The van der Waals surface area contributed by atoms with Gasteiger partial charge in [-0.25, -0.2) is 0 Å². The van der Waals surface area contributed by atoms with Gasteiger partial charge in [-0.05, 0) is 49.3 Å². The van der Waals surface area contributed by atoms with Gasteiger partial charge in [0.2, 0.25) is 5.91 Å². The van der Waals surface area contributed by atoms with E-state index in [1.165, 1.54) is 6.08 Å². The van der Waals surface area contributed by atoms with Gasteiger partial charge in [0.1, 0.15) is 0 Å². The van der Waals surface area contributed by atoms with Crippen molar-refractivity contribution in [2.24, 2.45) is 0 Å². The van der Waals surface area contributed by atoms with Crippen LogP contribution in [0.3, 0.4) is 0 Å². The highest BCUT2D eigenvalue weighted by Gasteiger charge is 2.08. The van der Waals surface area contributed by atoms with E-state index in [-0.39, 0.29) is 16.9 Å². The first-order valence-corrected chi connectivity index (χ1v) is 8.08. The summed E-state index contributed by atoms with van der Waals surface area (Å²) < 4.78 is 0. The molecule has 0 heterocycles. The van der Waals surface area contributed by atoms with E-state index >= 15 is 0 Å². The predicted molar refractivity (Wildman–Crippen MR) is 103 cm³/mol. The van der Waals surface area contributed by atoms with Crippen LogP contribution in [-0.2, 0) is 4.79 Å². The van der Waals surface area contributed by atoms with Gasteiger partial charge in [0.25, 0.3) is 5.91 Å². The van der Waals surface area contributed by atoms with E-state index < -0.39 is 0 Å². The molecule has 0 aliphatic heterocycles. The molecule has 3 N–H and O–H groups in total. The Hall–Kier alpha value is -2.99. The van der Waals surface area contributed by atoms with E-state index in [2.05, 4.69) is 16.2 Å². The molecule has 25 heavy (non-hydrogen) atoms. The maximum absolute atomic E-state index is 12.0. The molecule has 6 heteroatoms. The number of hydrazine groups is 1. The first-order valence-electron chi connectivity index (χ1n) is 7.67. The van der Waals surface area contributed by atoms with Crippen molar-refractivity contribution in [3.8, 4) is 0 Å². The van der Waals surface area contributed by atoms with Crippen molar-refractivity contribution >= 4 is 35.2 Å². The van der Waals surface area contributed by atoms with Gasteiger partial charge in [-0.15, -0.1) is 0 Å². The van der Waals surface area contributed by atoms with Crippen LogP contribution in [0.25, 0.3) is 6.08 Å². The normalized spacial score (nSPS) is 10.3. The van der Waals surface area contributed by atoms with Crippen molar-refractivity contribution < 1.29 is 9.59 Å². The topological polar surface area (TPSA) is 70.2 Å². The molecule has 0 aliphatic rings. The van der Waals surface area contributed by atoms with Gasteiger partial charge in [0.05, 0.1) is 0 Å². The summed E-state index contributed by atoms with van der Waals surface area (Å²) in [5, 5.41) is 2.48. The predicted octanol–water partition coefficient (Wildman–Crippen LogP) is 2.65. The van der Waals surface area contributed by atoms with E-state index in [9.17, 15) is 9.59 Å². The molecular weight excluding hydrogens is 334 g/mol. The Morgan fingerprint density at radius 3 is 2.32 bits per heavy atom. The fraction of sp³-hybridized carbons (Fsp3) is 0.105. The van der Waals surface area contributed by atoms with Gasteiger partial charge in [-0.1, -0.05) is 48.0 Å². The number of aryl methyl sites for hydroxylation is 2. The molecule has 0 radical (unpaired) electrons. The van der Waals surface area contributed by atoms with Crippen LogP contribution in [0.15, 0.2) is 54.6 Å². The Balaban J connectivity index is 1.81. The zero-order valence-electron chi connectivity index (χ0n) is 14.0. The lowest BCUT2D eigenvalue weighted by atomic mass is 10.1. The van der Waals surface area contributed by atoms with Gasteiger partial charge in [0, 0.05) is 11.6 Å². The minimum Gasteiger partial charge on any atom is -0.298 e. The third kappa shape index (κ3) is 5.86. The van der Waals surface area contributed by atoms with Crippen molar-refractivity contribution in [3.63, 3.8) is 0 Å². The van der Waals surface area contributed by atoms with Crippen LogP contribution in [0.1, 0.15) is 27.0 Å². The second-order valence-corrected chi connectivity index (χ2v) is 5.86. The van der Waals surface area contributed by atoms with Crippen LogP contribution >= 0.6 is 12.2 Å². The van der Waals surface area contributed by atoms with E-state index in [0.717, 1.165) is 16.7 Å². The summed E-state index contributed by atoms with van der Waals surface area (Å²) in [5.74, 6) is -0.715. The van der Waals surface area contributed by atoms with Crippen LogP contribution in [0.5, 0.6) is 0 Å². The first kappa shape index (κ1) is 18.4. The standard InChI is InChI=1S/C19H19N3O2S/c1-13-7-9-15(10-8-13)11-12-17(23)20-19(25)22-21-18(24)16-6-4-3-5-14(16)2/h3-12H,1-2H3,(H,21,24)(H2,20,22,23,25). The highest BCUT2D eigenvalue weighted by Crippen LogP contribution is 2.06. The molecule has 0 fully saturated rings. The molecule has 0 unspecified atom stereocenters. The number of hydrogen-bond donors (Lipinski definition) is 3. The lowest BCUT2D eigenvalue weighted by Crippen LogP contribution is -2.48. The Labute approximate surface area is 152 Å². The molecule has 0 spiro atoms. The maximum Gasteiger partial charge on any atom is 0.269 e. The van der Waals surface area contributed by atoms with Crippen molar-refractivity contribution in [2.45, 2.75) is 13.8 Å². The fourth-order valence-electron chi connectivity index (χ4n) is 2.04. The van der Waals surface area contributed by atoms with E-state index in [1.807, 2.05) is 50.2 Å². The van der Waals surface area contributed by atoms with Crippen LogP contribution in [0, 0.1) is 13.8 Å². The Morgan fingerprint density at radius 1 is 0.960 bits per heavy atom. The molecule has 0 saturated heterocycles. The summed E-state index contributed by atoms with van der Waals surface area (Å²) >= 11 is 4.99. The molecule has 0 aromatic heterocycles. The summed E-state index contributed by atoms with van der Waals surface area (Å²) in [6, 6.07) is 14.9. The third-order valence-electron chi connectivity index (χ3n) is 3.42. The highest BCUT2D eigenvalue weighted by molar-refractivity contribution is 7.80. The Bertz CT molecular complexity index is 814. The smallest absolute Gasteiger partial charge is 0.269 e. The summed E-state index contributed by atoms with van der Waals surface area (Å²) in [6.45, 7) is 3.83. The van der Waals surface area contributed by atoms with Gasteiger partial charge >= 0.3 is 0 Å². The summed E-state index contributed by atoms with van der Waals surface area (Å²) in [6.07, 6.45) is 3.06. The summed E-state index contributed by atoms with van der Waals surface area (Å²) in [4.78, 5) is 23.9. The maximum atomic E-state index is 12.0. The zero-order chi connectivity index (χ0) is 18.2. The molecule has 2 rings (SSSR count). The SMILES string of the molecule is Cc1ccc(C=CC(=O)NC(=S)NNC(=O)c2ccccc2C)cc1. The largest absolute Gasteiger partial charge is 0.298 e.